The number of anilines is 1. The van der Waals surface area contributed by atoms with Gasteiger partial charge in [0, 0.05) is 0 Å². The van der Waals surface area contributed by atoms with E-state index in [1.165, 1.54) is 44.4 Å². The Bertz CT molecular complexity index is 958. The van der Waals surface area contributed by atoms with E-state index in [1.807, 2.05) is 0 Å². The van der Waals surface area contributed by atoms with Crippen molar-refractivity contribution in [2.24, 2.45) is 0 Å². The van der Waals surface area contributed by atoms with Crippen LogP contribution in [0.4, 0.5) is 14.2 Å². The van der Waals surface area contributed by atoms with Crippen LogP contribution < -0.4 is 10.6 Å². The molecule has 0 saturated carbocycles. The number of benzene rings is 1. The number of imide groups is 1. The fourth-order valence-electron chi connectivity index (χ4n) is 2.81. The van der Waals surface area contributed by atoms with Crippen LogP contribution in [0.5, 0.6) is 0 Å². The maximum Gasteiger partial charge on any atom is 0.340 e. The largest absolute Gasteiger partial charge is 0.465 e. The number of nitrogens with one attached hydrogen (secondary N) is 2. The second-order valence-corrected chi connectivity index (χ2v) is 7.07. The SMILES string of the molecule is COC(=O)c1ccsc1NC(=O)CN1C(=O)N[C@](C)(c2ccc(F)cc2)C1=O. The first-order chi connectivity index (χ1) is 13.3. The molecule has 2 aromatic rings. The van der Waals surface area contributed by atoms with Crippen molar-refractivity contribution in [1.29, 1.82) is 0 Å². The summed E-state index contributed by atoms with van der Waals surface area (Å²) in [6, 6.07) is 5.90. The van der Waals surface area contributed by atoms with Crippen molar-refractivity contribution >= 4 is 40.2 Å². The molecule has 1 aromatic heterocycles. The second kappa shape index (κ2) is 7.39. The van der Waals surface area contributed by atoms with Crippen molar-refractivity contribution in [2.75, 3.05) is 19.0 Å². The fraction of sp³-hybridized carbons (Fsp3) is 0.222. The van der Waals surface area contributed by atoms with Gasteiger partial charge >= 0.3 is 12.0 Å². The smallest absolute Gasteiger partial charge is 0.340 e. The monoisotopic (exact) mass is 405 g/mol. The standard InChI is InChI=1S/C18H16FN3O5S/c1-18(10-3-5-11(19)6-4-10)16(25)22(17(26)21-18)9-13(23)20-14-12(7-8-28-14)15(24)27-2/h3-8H,9H2,1-2H3,(H,20,23)(H,21,26)/t18-/m1/s1. The number of ether oxygens (including phenoxy) is 1. The van der Waals surface area contributed by atoms with E-state index >= 15 is 0 Å². The molecule has 8 nitrogen and oxygen atoms in total. The van der Waals surface area contributed by atoms with Gasteiger partial charge in [0.2, 0.25) is 5.91 Å². The molecule has 28 heavy (non-hydrogen) atoms. The van der Waals surface area contributed by atoms with Crippen LogP contribution in [-0.4, -0.2) is 42.4 Å². The molecule has 4 amide bonds. The first kappa shape index (κ1) is 19.5. The molecule has 0 unspecified atom stereocenters. The van der Waals surface area contributed by atoms with Crippen molar-refractivity contribution in [3.63, 3.8) is 0 Å². The number of esters is 1. The summed E-state index contributed by atoms with van der Waals surface area (Å²) < 4.78 is 17.8. The molecule has 146 valence electrons. The number of hydrogen-bond acceptors (Lipinski definition) is 6. The second-order valence-electron chi connectivity index (χ2n) is 6.16. The van der Waals surface area contributed by atoms with Crippen LogP contribution >= 0.6 is 11.3 Å². The van der Waals surface area contributed by atoms with Crippen LogP contribution in [0.2, 0.25) is 0 Å². The minimum Gasteiger partial charge on any atom is -0.465 e. The molecule has 0 bridgehead atoms. The van der Waals surface area contributed by atoms with Crippen LogP contribution in [0.1, 0.15) is 22.8 Å². The molecule has 1 saturated heterocycles. The number of halogens is 1. The minimum atomic E-state index is -1.41. The summed E-state index contributed by atoms with van der Waals surface area (Å²) in [4.78, 5) is 49.8. The van der Waals surface area contributed by atoms with E-state index in [-0.39, 0.29) is 10.6 Å². The summed E-state index contributed by atoms with van der Waals surface area (Å²) in [5, 5.41) is 6.89. The van der Waals surface area contributed by atoms with Crippen LogP contribution in [0.3, 0.4) is 0 Å². The predicted octanol–water partition coefficient (Wildman–Crippen LogP) is 2.08. The Morgan fingerprint density at radius 3 is 2.57 bits per heavy atom. The molecular weight excluding hydrogens is 389 g/mol. The number of urea groups is 1. The Labute approximate surface area is 163 Å². The molecule has 1 atom stereocenters. The molecule has 1 aromatic carbocycles. The summed E-state index contributed by atoms with van der Waals surface area (Å²) >= 11 is 1.11. The Kier molecular flexibility index (Phi) is 5.14. The van der Waals surface area contributed by atoms with E-state index in [2.05, 4.69) is 15.4 Å². The lowest BCUT2D eigenvalue weighted by Gasteiger charge is -2.22. The fourth-order valence-corrected chi connectivity index (χ4v) is 3.60. The topological polar surface area (TPSA) is 105 Å². The molecule has 1 fully saturated rings. The van der Waals surface area contributed by atoms with E-state index in [0.717, 1.165) is 16.2 Å². The van der Waals surface area contributed by atoms with Crippen LogP contribution in [-0.2, 0) is 19.9 Å². The van der Waals surface area contributed by atoms with Gasteiger partial charge in [-0.2, -0.15) is 0 Å². The highest BCUT2D eigenvalue weighted by Crippen LogP contribution is 2.29. The van der Waals surface area contributed by atoms with E-state index in [1.54, 1.807) is 5.38 Å². The van der Waals surface area contributed by atoms with Gasteiger partial charge in [0.05, 0.1) is 12.7 Å². The van der Waals surface area contributed by atoms with Crippen LogP contribution in [0, 0.1) is 5.82 Å². The summed E-state index contributed by atoms with van der Waals surface area (Å²) in [7, 11) is 1.22. The first-order valence-corrected chi connectivity index (χ1v) is 9.00. The van der Waals surface area contributed by atoms with Crippen molar-refractivity contribution in [1.82, 2.24) is 10.2 Å². The Balaban J connectivity index is 1.74. The van der Waals surface area contributed by atoms with Gasteiger partial charge in [-0.15, -0.1) is 11.3 Å². The van der Waals surface area contributed by atoms with Gasteiger partial charge in [0.1, 0.15) is 22.9 Å². The number of carbonyl (C=O) groups is 4. The van der Waals surface area contributed by atoms with Gasteiger partial charge in [-0.25, -0.2) is 14.0 Å². The van der Waals surface area contributed by atoms with Gasteiger partial charge in [0.25, 0.3) is 5.91 Å². The van der Waals surface area contributed by atoms with Gasteiger partial charge in [-0.05, 0) is 36.1 Å². The van der Waals surface area contributed by atoms with Gasteiger partial charge in [0.15, 0.2) is 0 Å². The van der Waals surface area contributed by atoms with Gasteiger partial charge < -0.3 is 15.4 Å². The maximum atomic E-state index is 13.1. The number of nitrogens with zero attached hydrogens (tertiary/aromatic N) is 1. The van der Waals surface area contributed by atoms with E-state index in [4.69, 9.17) is 0 Å². The molecule has 0 aliphatic carbocycles. The zero-order valence-electron chi connectivity index (χ0n) is 14.9. The van der Waals surface area contributed by atoms with E-state index in [0.29, 0.717) is 5.56 Å². The first-order valence-electron chi connectivity index (χ1n) is 8.12. The van der Waals surface area contributed by atoms with Crippen LogP contribution in [0.25, 0.3) is 0 Å². The third-order valence-corrected chi connectivity index (χ3v) is 5.15. The number of amides is 4. The summed E-state index contributed by atoms with van der Waals surface area (Å²) in [5.41, 5.74) is -0.846. The zero-order valence-corrected chi connectivity index (χ0v) is 15.8. The summed E-state index contributed by atoms with van der Waals surface area (Å²) in [6.45, 7) is 0.937. The molecule has 2 heterocycles. The predicted molar refractivity (Wildman–Crippen MR) is 98.3 cm³/mol. The maximum absolute atomic E-state index is 13.1. The third-order valence-electron chi connectivity index (χ3n) is 4.32. The molecule has 10 heteroatoms. The minimum absolute atomic E-state index is 0.175. The summed E-state index contributed by atoms with van der Waals surface area (Å²) in [6.07, 6.45) is 0. The Morgan fingerprint density at radius 1 is 1.25 bits per heavy atom. The number of carbonyl (C=O) groups excluding carboxylic acids is 4. The average Bonchev–Trinajstić information content (AvgIpc) is 3.20. The molecule has 1 aliphatic rings. The molecule has 0 radical (unpaired) electrons. The molecule has 3 rings (SSSR count). The lowest BCUT2D eigenvalue weighted by atomic mass is 9.92. The molecule has 2 N–H and O–H groups in total. The van der Waals surface area contributed by atoms with Crippen molar-refractivity contribution in [3.05, 3.63) is 52.7 Å². The quantitative estimate of drug-likeness (QED) is 0.585. The molecule has 0 spiro atoms. The highest BCUT2D eigenvalue weighted by atomic mass is 32.1. The van der Waals surface area contributed by atoms with Crippen molar-refractivity contribution < 1.29 is 28.3 Å². The highest BCUT2D eigenvalue weighted by molar-refractivity contribution is 7.14. The lowest BCUT2D eigenvalue weighted by molar-refractivity contribution is -0.133. The van der Waals surface area contributed by atoms with E-state index in [9.17, 15) is 23.6 Å². The van der Waals surface area contributed by atoms with Gasteiger partial charge in [-0.1, -0.05) is 12.1 Å². The Morgan fingerprint density at radius 2 is 1.93 bits per heavy atom. The Hall–Kier alpha value is -3.27. The number of rotatable bonds is 5. The molecule has 1 aliphatic heterocycles. The zero-order chi connectivity index (χ0) is 20.5. The highest BCUT2D eigenvalue weighted by Gasteiger charge is 2.49. The third kappa shape index (κ3) is 3.46. The lowest BCUT2D eigenvalue weighted by Crippen LogP contribution is -2.42. The number of hydrogen-bond donors (Lipinski definition) is 2. The van der Waals surface area contributed by atoms with Crippen LogP contribution in [0.15, 0.2) is 35.7 Å². The number of methoxy groups -OCH3 is 1. The van der Waals surface area contributed by atoms with E-state index < -0.39 is 41.7 Å². The summed E-state index contributed by atoms with van der Waals surface area (Å²) in [5.74, 6) is -2.38. The number of thiophene rings is 1. The van der Waals surface area contributed by atoms with Crippen molar-refractivity contribution in [3.8, 4) is 0 Å². The average molecular weight is 405 g/mol. The van der Waals surface area contributed by atoms with Gasteiger partial charge in [-0.3, -0.25) is 14.5 Å². The normalized spacial score (nSPS) is 18.8. The van der Waals surface area contributed by atoms with Crippen molar-refractivity contribution in [2.45, 2.75) is 12.5 Å². The molecular formula is C18H16FN3O5S.